The smallest absolute Gasteiger partial charge is 0.388 e. The zero-order valence-corrected chi connectivity index (χ0v) is 14.3. The largest absolute Gasteiger partial charge is 0.434 e. The molecule has 1 fully saturated rings. The molecule has 0 radical (unpaired) electrons. The van der Waals surface area contributed by atoms with Crippen LogP contribution >= 0.6 is 0 Å². The van der Waals surface area contributed by atoms with Gasteiger partial charge in [0.2, 0.25) is 5.89 Å². The number of H-pyrrole nitrogens is 1. The van der Waals surface area contributed by atoms with Crippen molar-refractivity contribution >= 4 is 5.69 Å². The van der Waals surface area contributed by atoms with Gasteiger partial charge in [0.1, 0.15) is 0 Å². The Morgan fingerprint density at radius 2 is 2.15 bits per heavy atom. The molecule has 0 saturated heterocycles. The van der Waals surface area contributed by atoms with Gasteiger partial charge in [-0.25, -0.2) is 9.89 Å². The second-order valence-corrected chi connectivity index (χ2v) is 6.80. The number of anilines is 1. The van der Waals surface area contributed by atoms with Crippen LogP contribution in [-0.2, 0) is 6.18 Å². The Bertz CT molecular complexity index is 815. The average Bonchev–Trinajstić information content (AvgIpc) is 3.00. The maximum Gasteiger partial charge on any atom is 0.434 e. The molecule has 0 spiro atoms. The van der Waals surface area contributed by atoms with E-state index in [2.05, 4.69) is 15.5 Å². The summed E-state index contributed by atoms with van der Waals surface area (Å²) in [5.41, 5.74) is 5.45. The number of nitrogens with two attached hydrogens (primary N) is 1. The Labute approximate surface area is 148 Å². The normalized spacial score (nSPS) is 22.2. The molecule has 26 heavy (non-hydrogen) atoms. The molecular formula is C17H21F3N4O2. The van der Waals surface area contributed by atoms with E-state index >= 15 is 0 Å². The number of aromatic nitrogens is 2. The summed E-state index contributed by atoms with van der Waals surface area (Å²) in [6, 6.07) is 3.41. The minimum atomic E-state index is -4.50. The van der Waals surface area contributed by atoms with Gasteiger partial charge in [-0.1, -0.05) is 6.42 Å². The van der Waals surface area contributed by atoms with Crippen molar-refractivity contribution in [3.05, 3.63) is 34.3 Å². The standard InChI is InChI=1S/C17H21F3N4O2/c1-9(10-3-2-4-12(21)7-10)22-14-8-11(15-23-24-16(25)26-15)5-6-13(14)17(18,19)20/h5-6,8-10,12,22H,2-4,7,21H2,1H3,(H,24,25)/t9-,10+,12-/m0/s1. The minimum Gasteiger partial charge on any atom is -0.388 e. The van der Waals surface area contributed by atoms with Gasteiger partial charge in [0, 0.05) is 23.3 Å². The molecule has 1 aromatic carbocycles. The van der Waals surface area contributed by atoms with E-state index in [1.54, 1.807) is 0 Å². The molecule has 0 aliphatic heterocycles. The van der Waals surface area contributed by atoms with Crippen LogP contribution in [-0.4, -0.2) is 22.3 Å². The van der Waals surface area contributed by atoms with E-state index < -0.39 is 17.5 Å². The van der Waals surface area contributed by atoms with Crippen molar-refractivity contribution in [3.63, 3.8) is 0 Å². The predicted molar refractivity (Wildman–Crippen MR) is 90.6 cm³/mol. The van der Waals surface area contributed by atoms with Gasteiger partial charge in [0.05, 0.1) is 5.56 Å². The zero-order chi connectivity index (χ0) is 18.9. The Kier molecular flexibility index (Phi) is 5.08. The third-order valence-corrected chi connectivity index (χ3v) is 4.86. The molecule has 3 rings (SSSR count). The topological polar surface area (TPSA) is 96.9 Å². The van der Waals surface area contributed by atoms with Gasteiger partial charge in [-0.15, -0.1) is 5.10 Å². The number of halogens is 3. The van der Waals surface area contributed by atoms with Crippen LogP contribution in [0.25, 0.3) is 11.5 Å². The lowest BCUT2D eigenvalue weighted by molar-refractivity contribution is -0.137. The summed E-state index contributed by atoms with van der Waals surface area (Å²) in [4.78, 5) is 11.1. The lowest BCUT2D eigenvalue weighted by atomic mass is 9.82. The quantitative estimate of drug-likeness (QED) is 0.767. The molecule has 2 aromatic rings. The first-order chi connectivity index (χ1) is 12.2. The summed E-state index contributed by atoms with van der Waals surface area (Å²) in [6.07, 6.45) is -0.871. The monoisotopic (exact) mass is 370 g/mol. The highest BCUT2D eigenvalue weighted by Gasteiger charge is 2.35. The number of hydrogen-bond donors (Lipinski definition) is 3. The number of benzene rings is 1. The zero-order valence-electron chi connectivity index (χ0n) is 14.3. The van der Waals surface area contributed by atoms with Gasteiger partial charge in [-0.05, 0) is 50.3 Å². The molecular weight excluding hydrogens is 349 g/mol. The molecule has 0 amide bonds. The number of nitrogens with one attached hydrogen (secondary N) is 2. The van der Waals surface area contributed by atoms with E-state index in [9.17, 15) is 18.0 Å². The third-order valence-electron chi connectivity index (χ3n) is 4.86. The van der Waals surface area contributed by atoms with Crippen molar-refractivity contribution in [2.24, 2.45) is 11.7 Å². The van der Waals surface area contributed by atoms with Gasteiger partial charge in [0.25, 0.3) is 0 Å². The van der Waals surface area contributed by atoms with Gasteiger partial charge in [-0.2, -0.15) is 13.2 Å². The Hall–Kier alpha value is -2.29. The maximum absolute atomic E-state index is 13.4. The molecule has 1 heterocycles. The van der Waals surface area contributed by atoms with E-state index in [1.807, 2.05) is 6.92 Å². The van der Waals surface area contributed by atoms with Gasteiger partial charge in [0.15, 0.2) is 0 Å². The number of alkyl halides is 3. The van der Waals surface area contributed by atoms with Gasteiger partial charge >= 0.3 is 11.9 Å². The van der Waals surface area contributed by atoms with Crippen LogP contribution in [0.2, 0.25) is 0 Å². The van der Waals surface area contributed by atoms with E-state index in [0.29, 0.717) is 0 Å². The van der Waals surface area contributed by atoms with Crippen LogP contribution in [0.3, 0.4) is 0 Å². The van der Waals surface area contributed by atoms with Crippen LogP contribution in [0.4, 0.5) is 18.9 Å². The fourth-order valence-electron chi connectivity index (χ4n) is 3.48. The van der Waals surface area contributed by atoms with Crippen molar-refractivity contribution in [1.29, 1.82) is 0 Å². The highest BCUT2D eigenvalue weighted by molar-refractivity contribution is 5.65. The van der Waals surface area contributed by atoms with E-state index in [1.165, 1.54) is 12.1 Å². The van der Waals surface area contributed by atoms with Crippen LogP contribution in [0.1, 0.15) is 38.2 Å². The number of nitrogens with zero attached hydrogens (tertiary/aromatic N) is 1. The molecule has 0 bridgehead atoms. The first-order valence-corrected chi connectivity index (χ1v) is 8.53. The first kappa shape index (κ1) is 18.5. The van der Waals surface area contributed by atoms with Crippen molar-refractivity contribution in [1.82, 2.24) is 10.2 Å². The summed E-state index contributed by atoms with van der Waals surface area (Å²) in [6.45, 7) is 1.87. The molecule has 1 aliphatic carbocycles. The number of aromatic amines is 1. The van der Waals surface area contributed by atoms with E-state index in [0.717, 1.165) is 31.7 Å². The number of hydrogen-bond acceptors (Lipinski definition) is 5. The second-order valence-electron chi connectivity index (χ2n) is 6.80. The van der Waals surface area contributed by atoms with Crippen molar-refractivity contribution < 1.29 is 17.6 Å². The maximum atomic E-state index is 13.4. The summed E-state index contributed by atoms with van der Waals surface area (Å²) in [7, 11) is 0. The van der Waals surface area contributed by atoms with Crippen molar-refractivity contribution in [2.45, 2.75) is 50.9 Å². The van der Waals surface area contributed by atoms with Crippen molar-refractivity contribution in [3.8, 4) is 11.5 Å². The van der Waals surface area contributed by atoms with E-state index in [-0.39, 0.29) is 35.1 Å². The van der Waals surface area contributed by atoms with E-state index in [4.69, 9.17) is 10.2 Å². The lowest BCUT2D eigenvalue weighted by Gasteiger charge is -2.32. The molecule has 142 valence electrons. The van der Waals surface area contributed by atoms with Gasteiger partial charge in [-0.3, -0.25) is 0 Å². The Morgan fingerprint density at radius 1 is 1.38 bits per heavy atom. The lowest BCUT2D eigenvalue weighted by Crippen LogP contribution is -2.36. The fourth-order valence-corrected chi connectivity index (χ4v) is 3.48. The molecule has 4 N–H and O–H groups in total. The Morgan fingerprint density at radius 3 is 2.77 bits per heavy atom. The summed E-state index contributed by atoms with van der Waals surface area (Å²) in [5, 5.41) is 8.76. The summed E-state index contributed by atoms with van der Waals surface area (Å²) < 4.78 is 45.0. The van der Waals surface area contributed by atoms with Crippen LogP contribution in [0.15, 0.2) is 27.4 Å². The molecule has 0 unspecified atom stereocenters. The van der Waals surface area contributed by atoms with Crippen LogP contribution in [0.5, 0.6) is 0 Å². The number of rotatable bonds is 4. The van der Waals surface area contributed by atoms with Crippen molar-refractivity contribution in [2.75, 3.05) is 5.32 Å². The van der Waals surface area contributed by atoms with Gasteiger partial charge < -0.3 is 15.5 Å². The highest BCUT2D eigenvalue weighted by atomic mass is 19.4. The Balaban J connectivity index is 1.90. The molecule has 9 heteroatoms. The highest BCUT2D eigenvalue weighted by Crippen LogP contribution is 2.38. The molecule has 1 aliphatic rings. The second kappa shape index (κ2) is 7.14. The SMILES string of the molecule is C[C@H](Nc1cc(-c2n[nH]c(=O)o2)ccc1C(F)(F)F)[C@@H]1CCC[C@H](N)C1. The van der Waals surface area contributed by atoms with Crippen LogP contribution < -0.4 is 16.8 Å². The third kappa shape index (κ3) is 4.09. The summed E-state index contributed by atoms with van der Waals surface area (Å²) >= 11 is 0. The summed E-state index contributed by atoms with van der Waals surface area (Å²) in [5.74, 6) is -0.620. The first-order valence-electron chi connectivity index (χ1n) is 8.53. The molecule has 1 aromatic heterocycles. The molecule has 1 saturated carbocycles. The minimum absolute atomic E-state index is 0.0564. The molecule has 3 atom stereocenters. The van der Waals surface area contributed by atoms with Crippen LogP contribution in [0, 0.1) is 5.92 Å². The fraction of sp³-hybridized carbons (Fsp3) is 0.529. The average molecular weight is 370 g/mol. The predicted octanol–water partition coefficient (Wildman–Crippen LogP) is 3.37. The molecule has 6 nitrogen and oxygen atoms in total.